The largest absolute Gasteiger partial charge is 0.306 e. The molecule has 0 N–H and O–H groups in total. The molecule has 0 saturated carbocycles. The van der Waals surface area contributed by atoms with Gasteiger partial charge in [0.05, 0.1) is 5.69 Å². The number of carbonyl (C=O) groups excluding carboxylic acids is 1. The third-order valence-corrected chi connectivity index (χ3v) is 7.87. The predicted molar refractivity (Wildman–Crippen MR) is 110 cm³/mol. The number of rotatable bonds is 5. The first-order valence-electron chi connectivity index (χ1n) is 8.83. The molecule has 28 heavy (non-hydrogen) atoms. The van der Waals surface area contributed by atoms with Gasteiger partial charge in [0.15, 0.2) is 0 Å². The second kappa shape index (κ2) is 8.41. The van der Waals surface area contributed by atoms with Gasteiger partial charge in [-0.3, -0.25) is 4.79 Å². The van der Waals surface area contributed by atoms with Crippen molar-refractivity contribution in [1.82, 2.24) is 4.31 Å². The zero-order valence-corrected chi connectivity index (χ0v) is 17.9. The Kier molecular flexibility index (Phi) is 6.34. The molecule has 0 fully saturated rings. The van der Waals surface area contributed by atoms with Crippen LogP contribution in [0.4, 0.5) is 10.1 Å². The van der Waals surface area contributed by atoms with Gasteiger partial charge in [0.2, 0.25) is 10.0 Å². The maximum Gasteiger partial charge on any atom is 0.258 e. The number of nitrogens with zero attached hydrogens (tertiary/aromatic N) is 2. The number of sulfonamides is 1. The number of hydrogen-bond donors (Lipinski definition) is 0. The van der Waals surface area contributed by atoms with E-state index in [2.05, 4.69) is 0 Å². The number of fused-ring (bicyclic) bond motifs is 1. The number of anilines is 1. The fraction of sp³-hybridized carbons (Fsp3) is 0.316. The minimum atomic E-state index is -4.02. The maximum absolute atomic E-state index is 14.3. The topological polar surface area (TPSA) is 57.7 Å². The molecule has 2 aromatic carbocycles. The summed E-state index contributed by atoms with van der Waals surface area (Å²) in [5, 5.41) is 0.503. The maximum atomic E-state index is 14.3. The standard InChI is InChI=1S/C19H20ClFN2O3S2/c1-3-22(4-2)28(25,26)18-11-13(5-7-15(18)21)19(24)23-9-10-27-17-8-6-14(20)12-16(17)23/h5-8,11-12H,3-4,9-10H2,1-2H3. The summed E-state index contributed by atoms with van der Waals surface area (Å²) < 4.78 is 41.0. The quantitative estimate of drug-likeness (QED) is 0.694. The van der Waals surface area contributed by atoms with Gasteiger partial charge in [0.25, 0.3) is 5.91 Å². The molecule has 1 aliphatic heterocycles. The number of hydrogen-bond acceptors (Lipinski definition) is 4. The fourth-order valence-electron chi connectivity index (χ4n) is 3.09. The third kappa shape index (κ3) is 3.91. The van der Waals surface area contributed by atoms with Crippen LogP contribution in [0.25, 0.3) is 0 Å². The highest BCUT2D eigenvalue weighted by atomic mass is 35.5. The van der Waals surface area contributed by atoms with Crippen LogP contribution in [0, 0.1) is 5.82 Å². The molecule has 5 nitrogen and oxygen atoms in total. The molecule has 0 radical (unpaired) electrons. The Morgan fingerprint density at radius 3 is 2.61 bits per heavy atom. The van der Waals surface area contributed by atoms with Gasteiger partial charge in [-0.05, 0) is 36.4 Å². The molecular weight excluding hydrogens is 423 g/mol. The van der Waals surface area contributed by atoms with Crippen molar-refractivity contribution in [3.8, 4) is 0 Å². The smallest absolute Gasteiger partial charge is 0.258 e. The Labute approximate surface area is 173 Å². The first-order valence-corrected chi connectivity index (χ1v) is 11.6. The van der Waals surface area contributed by atoms with Gasteiger partial charge in [-0.25, -0.2) is 12.8 Å². The lowest BCUT2D eigenvalue weighted by atomic mass is 10.1. The van der Waals surface area contributed by atoms with Gasteiger partial charge in [-0.15, -0.1) is 11.8 Å². The molecule has 0 saturated heterocycles. The van der Waals surface area contributed by atoms with Crippen molar-refractivity contribution in [3.05, 3.63) is 52.8 Å². The molecule has 3 rings (SSSR count). The van der Waals surface area contributed by atoms with E-state index < -0.39 is 20.7 Å². The molecule has 0 spiro atoms. The molecule has 0 atom stereocenters. The highest BCUT2D eigenvalue weighted by Gasteiger charge is 2.29. The van der Waals surface area contributed by atoms with Crippen molar-refractivity contribution < 1.29 is 17.6 Å². The van der Waals surface area contributed by atoms with E-state index >= 15 is 0 Å². The van der Waals surface area contributed by atoms with Gasteiger partial charge >= 0.3 is 0 Å². The Balaban J connectivity index is 2.03. The summed E-state index contributed by atoms with van der Waals surface area (Å²) in [6, 6.07) is 8.78. The first-order chi connectivity index (χ1) is 13.3. The molecule has 0 unspecified atom stereocenters. The predicted octanol–water partition coefficient (Wildman–Crippen LogP) is 4.26. The van der Waals surface area contributed by atoms with E-state index in [1.807, 2.05) is 6.07 Å². The average Bonchev–Trinajstić information content (AvgIpc) is 2.68. The van der Waals surface area contributed by atoms with Crippen molar-refractivity contribution in [2.75, 3.05) is 30.3 Å². The van der Waals surface area contributed by atoms with E-state index in [9.17, 15) is 17.6 Å². The van der Waals surface area contributed by atoms with Crippen LogP contribution in [0.15, 0.2) is 46.2 Å². The molecule has 0 aromatic heterocycles. The van der Waals surface area contributed by atoms with Gasteiger partial charge in [0, 0.05) is 40.9 Å². The zero-order chi connectivity index (χ0) is 20.5. The van der Waals surface area contributed by atoms with Crippen LogP contribution < -0.4 is 4.90 Å². The Morgan fingerprint density at radius 1 is 1.21 bits per heavy atom. The number of thioether (sulfide) groups is 1. The summed E-state index contributed by atoms with van der Waals surface area (Å²) in [6.07, 6.45) is 0. The van der Waals surface area contributed by atoms with Crippen LogP contribution in [0.2, 0.25) is 5.02 Å². The minimum absolute atomic E-state index is 0.116. The first kappa shape index (κ1) is 21.1. The van der Waals surface area contributed by atoms with E-state index in [1.165, 1.54) is 6.07 Å². The second-order valence-corrected chi connectivity index (χ2v) is 9.63. The summed E-state index contributed by atoms with van der Waals surface area (Å²) in [6.45, 7) is 4.24. The normalized spacial score (nSPS) is 14.2. The molecular formula is C19H20ClFN2O3S2. The van der Waals surface area contributed by atoms with Gasteiger partial charge in [-0.1, -0.05) is 25.4 Å². The lowest BCUT2D eigenvalue weighted by Gasteiger charge is -2.29. The van der Waals surface area contributed by atoms with E-state index in [4.69, 9.17) is 11.6 Å². The molecule has 0 aliphatic carbocycles. The SMILES string of the molecule is CCN(CC)S(=O)(=O)c1cc(C(=O)N2CCSc3ccc(Cl)cc32)ccc1F. The van der Waals surface area contributed by atoms with Crippen molar-refractivity contribution in [2.24, 2.45) is 0 Å². The Hall–Kier alpha value is -1.61. The van der Waals surface area contributed by atoms with Crippen LogP contribution >= 0.6 is 23.4 Å². The monoisotopic (exact) mass is 442 g/mol. The number of amides is 1. The zero-order valence-electron chi connectivity index (χ0n) is 15.5. The van der Waals surface area contributed by atoms with E-state index in [0.717, 1.165) is 21.3 Å². The molecule has 9 heteroatoms. The van der Waals surface area contributed by atoms with Crippen LogP contribution in [0.5, 0.6) is 0 Å². The highest BCUT2D eigenvalue weighted by Crippen LogP contribution is 2.37. The van der Waals surface area contributed by atoms with Crippen molar-refractivity contribution in [3.63, 3.8) is 0 Å². The minimum Gasteiger partial charge on any atom is -0.306 e. The van der Waals surface area contributed by atoms with E-state index in [1.54, 1.807) is 42.6 Å². The van der Waals surface area contributed by atoms with Crippen LogP contribution in [0.3, 0.4) is 0 Å². The Bertz CT molecular complexity index is 1010. The van der Waals surface area contributed by atoms with Crippen molar-refractivity contribution in [1.29, 1.82) is 0 Å². The molecule has 150 valence electrons. The Morgan fingerprint density at radius 2 is 1.93 bits per heavy atom. The van der Waals surface area contributed by atoms with Crippen LogP contribution in [0.1, 0.15) is 24.2 Å². The van der Waals surface area contributed by atoms with Gasteiger partial charge < -0.3 is 4.90 Å². The summed E-state index contributed by atoms with van der Waals surface area (Å²) in [5.74, 6) is -0.562. The lowest BCUT2D eigenvalue weighted by molar-refractivity contribution is 0.0987. The van der Waals surface area contributed by atoms with E-state index in [0.29, 0.717) is 23.0 Å². The number of halogens is 2. The summed E-state index contributed by atoms with van der Waals surface area (Å²) in [4.78, 5) is 15.1. The molecule has 0 bridgehead atoms. The van der Waals surface area contributed by atoms with Gasteiger partial charge in [-0.2, -0.15) is 4.31 Å². The second-order valence-electron chi connectivity index (χ2n) is 6.15. The third-order valence-electron chi connectivity index (χ3n) is 4.53. The molecule has 2 aromatic rings. The highest BCUT2D eigenvalue weighted by molar-refractivity contribution is 7.99. The fourth-order valence-corrected chi connectivity index (χ4v) is 5.78. The summed E-state index contributed by atoms with van der Waals surface area (Å²) in [5.41, 5.74) is 0.788. The molecule has 1 aliphatic rings. The van der Waals surface area contributed by atoms with Crippen LogP contribution in [-0.2, 0) is 10.0 Å². The van der Waals surface area contributed by atoms with Crippen molar-refractivity contribution >= 4 is 45.0 Å². The lowest BCUT2D eigenvalue weighted by Crippen LogP contribution is -2.36. The average molecular weight is 443 g/mol. The number of benzene rings is 2. The van der Waals surface area contributed by atoms with Gasteiger partial charge in [0.1, 0.15) is 10.7 Å². The van der Waals surface area contributed by atoms with Crippen molar-refractivity contribution in [2.45, 2.75) is 23.6 Å². The molecule has 1 amide bonds. The summed E-state index contributed by atoms with van der Waals surface area (Å²) in [7, 11) is -4.02. The van der Waals surface area contributed by atoms with E-state index in [-0.39, 0.29) is 24.6 Å². The number of carbonyl (C=O) groups is 1. The van der Waals surface area contributed by atoms with Crippen LogP contribution in [-0.4, -0.2) is 44.0 Å². The molecule has 1 heterocycles. The summed E-state index contributed by atoms with van der Waals surface area (Å²) >= 11 is 7.70.